The zero-order chi connectivity index (χ0) is 8.10. The maximum absolute atomic E-state index is 10.9. The minimum Gasteiger partial charge on any atom is -0.356 e. The molecule has 0 aromatic carbocycles. The van der Waals surface area contributed by atoms with Gasteiger partial charge in [0, 0.05) is 13.0 Å². The van der Waals surface area contributed by atoms with Crippen molar-refractivity contribution in [3.63, 3.8) is 0 Å². The summed E-state index contributed by atoms with van der Waals surface area (Å²) < 4.78 is 0. The Morgan fingerprint density at radius 2 is 2.27 bits per heavy atom. The Bertz CT molecular complexity index is 130. The van der Waals surface area contributed by atoms with Gasteiger partial charge in [-0.15, -0.1) is 0 Å². The zero-order valence-corrected chi connectivity index (χ0v) is 7.23. The van der Waals surface area contributed by atoms with Crippen molar-refractivity contribution in [1.29, 1.82) is 0 Å². The van der Waals surface area contributed by atoms with Crippen molar-refractivity contribution in [1.82, 2.24) is 5.32 Å². The minimum absolute atomic E-state index is 0.216. The molecule has 2 heteroatoms. The Morgan fingerprint density at radius 3 is 2.82 bits per heavy atom. The maximum atomic E-state index is 10.9. The highest BCUT2D eigenvalue weighted by Gasteiger charge is 2.20. The maximum Gasteiger partial charge on any atom is 0.219 e. The van der Waals surface area contributed by atoms with Gasteiger partial charge in [0.15, 0.2) is 0 Å². The molecule has 1 N–H and O–H groups in total. The van der Waals surface area contributed by atoms with Gasteiger partial charge in [0.25, 0.3) is 0 Å². The molecule has 0 radical (unpaired) electrons. The Kier molecular flexibility index (Phi) is 3.40. The summed E-state index contributed by atoms with van der Waals surface area (Å²) in [6, 6.07) is 0. The molecule has 0 spiro atoms. The molecule has 0 heterocycles. The Morgan fingerprint density at radius 1 is 1.55 bits per heavy atom. The first-order valence-electron chi connectivity index (χ1n) is 4.59. The van der Waals surface area contributed by atoms with Gasteiger partial charge in [-0.2, -0.15) is 0 Å². The van der Waals surface area contributed by atoms with Crippen LogP contribution in [0.25, 0.3) is 0 Å². The molecule has 1 aliphatic carbocycles. The highest BCUT2D eigenvalue weighted by atomic mass is 16.1. The van der Waals surface area contributed by atoms with E-state index in [9.17, 15) is 4.79 Å². The first-order chi connectivity index (χ1) is 5.33. The van der Waals surface area contributed by atoms with Gasteiger partial charge < -0.3 is 5.32 Å². The summed E-state index contributed by atoms with van der Waals surface area (Å²) >= 11 is 0. The molecule has 1 saturated carbocycles. The fourth-order valence-electron chi connectivity index (χ4n) is 1.14. The molecule has 0 aromatic heterocycles. The molecule has 0 atom stereocenters. The Hall–Kier alpha value is -0.530. The van der Waals surface area contributed by atoms with Crippen molar-refractivity contribution in [2.75, 3.05) is 6.54 Å². The minimum atomic E-state index is 0.216. The van der Waals surface area contributed by atoms with E-state index in [1.165, 1.54) is 19.3 Å². The molecule has 11 heavy (non-hydrogen) atoms. The van der Waals surface area contributed by atoms with Crippen molar-refractivity contribution in [3.05, 3.63) is 0 Å². The van der Waals surface area contributed by atoms with Crippen LogP contribution in [0.15, 0.2) is 0 Å². The van der Waals surface area contributed by atoms with Crippen LogP contribution < -0.4 is 5.32 Å². The van der Waals surface area contributed by atoms with E-state index in [2.05, 4.69) is 5.32 Å². The predicted molar refractivity (Wildman–Crippen MR) is 45.3 cm³/mol. The Labute approximate surface area is 68.4 Å². The van der Waals surface area contributed by atoms with E-state index in [1.54, 1.807) is 0 Å². The molecule has 1 fully saturated rings. The van der Waals surface area contributed by atoms with E-state index in [4.69, 9.17) is 0 Å². The third-order valence-corrected chi connectivity index (χ3v) is 2.05. The lowest BCUT2D eigenvalue weighted by atomic mass is 10.3. The molecular weight excluding hydrogens is 138 g/mol. The summed E-state index contributed by atoms with van der Waals surface area (Å²) in [7, 11) is 0. The summed E-state index contributed by atoms with van der Waals surface area (Å²) in [5.74, 6) is 1.14. The highest BCUT2D eigenvalue weighted by molar-refractivity contribution is 5.75. The van der Waals surface area contributed by atoms with Gasteiger partial charge in [-0.25, -0.2) is 0 Å². The first kappa shape index (κ1) is 8.57. The van der Waals surface area contributed by atoms with Crippen molar-refractivity contribution in [3.8, 4) is 0 Å². The molecule has 0 unspecified atom stereocenters. The Balaban J connectivity index is 1.88. The van der Waals surface area contributed by atoms with Gasteiger partial charge in [-0.3, -0.25) is 4.79 Å². The van der Waals surface area contributed by atoms with Crippen LogP contribution >= 0.6 is 0 Å². The number of nitrogens with one attached hydrogen (secondary N) is 1. The van der Waals surface area contributed by atoms with Gasteiger partial charge in [0.1, 0.15) is 0 Å². The standard InChI is InChI=1S/C9H17NO/c1-2-3-9(11)10-7-6-8-4-5-8/h8H,2-7H2,1H3,(H,10,11). The quantitative estimate of drug-likeness (QED) is 0.643. The summed E-state index contributed by atoms with van der Waals surface area (Å²) in [5, 5.41) is 2.92. The van der Waals surface area contributed by atoms with Crippen LogP contribution in [0.1, 0.15) is 39.0 Å². The van der Waals surface area contributed by atoms with Crippen LogP contribution in [0.5, 0.6) is 0 Å². The van der Waals surface area contributed by atoms with E-state index < -0.39 is 0 Å². The summed E-state index contributed by atoms with van der Waals surface area (Å²) in [6.45, 7) is 2.92. The van der Waals surface area contributed by atoms with Crippen LogP contribution in [0, 0.1) is 5.92 Å². The zero-order valence-electron chi connectivity index (χ0n) is 7.23. The van der Waals surface area contributed by atoms with Gasteiger partial charge in [-0.1, -0.05) is 19.8 Å². The first-order valence-corrected chi connectivity index (χ1v) is 4.59. The van der Waals surface area contributed by atoms with Crippen LogP contribution in [-0.2, 0) is 4.79 Å². The van der Waals surface area contributed by atoms with Crippen LogP contribution in [0.4, 0.5) is 0 Å². The highest BCUT2D eigenvalue weighted by Crippen LogP contribution is 2.31. The normalized spacial score (nSPS) is 16.5. The molecular formula is C9H17NO. The van der Waals surface area contributed by atoms with E-state index in [0.717, 1.165) is 18.9 Å². The second-order valence-corrected chi connectivity index (χ2v) is 3.33. The third-order valence-electron chi connectivity index (χ3n) is 2.05. The van der Waals surface area contributed by atoms with Crippen LogP contribution in [0.3, 0.4) is 0 Å². The third kappa shape index (κ3) is 4.02. The van der Waals surface area contributed by atoms with Gasteiger partial charge in [-0.05, 0) is 18.8 Å². The fourth-order valence-corrected chi connectivity index (χ4v) is 1.14. The van der Waals surface area contributed by atoms with Gasteiger partial charge in [0.05, 0.1) is 0 Å². The second-order valence-electron chi connectivity index (χ2n) is 3.33. The number of hydrogen-bond donors (Lipinski definition) is 1. The molecule has 0 saturated heterocycles. The van der Waals surface area contributed by atoms with Crippen molar-refractivity contribution in [2.24, 2.45) is 5.92 Å². The number of carbonyl (C=O) groups is 1. The summed E-state index contributed by atoms with van der Waals surface area (Å²) in [6.07, 6.45) is 5.59. The monoisotopic (exact) mass is 155 g/mol. The molecule has 0 aromatic rings. The molecule has 64 valence electrons. The average molecular weight is 155 g/mol. The molecule has 1 rings (SSSR count). The van der Waals surface area contributed by atoms with Crippen molar-refractivity contribution >= 4 is 5.91 Å². The topological polar surface area (TPSA) is 29.1 Å². The molecule has 1 aliphatic rings. The van der Waals surface area contributed by atoms with E-state index in [0.29, 0.717) is 6.42 Å². The number of carbonyl (C=O) groups excluding carboxylic acids is 1. The average Bonchev–Trinajstić information content (AvgIpc) is 2.72. The molecule has 2 nitrogen and oxygen atoms in total. The van der Waals surface area contributed by atoms with Crippen LogP contribution in [0.2, 0.25) is 0 Å². The lowest BCUT2D eigenvalue weighted by Gasteiger charge is -2.01. The molecule has 1 amide bonds. The van der Waals surface area contributed by atoms with Crippen LogP contribution in [-0.4, -0.2) is 12.5 Å². The van der Waals surface area contributed by atoms with E-state index >= 15 is 0 Å². The van der Waals surface area contributed by atoms with E-state index in [1.807, 2.05) is 6.92 Å². The van der Waals surface area contributed by atoms with E-state index in [-0.39, 0.29) is 5.91 Å². The number of amides is 1. The van der Waals surface area contributed by atoms with Crippen molar-refractivity contribution < 1.29 is 4.79 Å². The summed E-state index contributed by atoms with van der Waals surface area (Å²) in [4.78, 5) is 10.9. The fraction of sp³-hybridized carbons (Fsp3) is 0.889. The lowest BCUT2D eigenvalue weighted by Crippen LogP contribution is -2.24. The van der Waals surface area contributed by atoms with Gasteiger partial charge >= 0.3 is 0 Å². The largest absolute Gasteiger partial charge is 0.356 e. The number of rotatable bonds is 5. The number of hydrogen-bond acceptors (Lipinski definition) is 1. The second kappa shape index (κ2) is 4.37. The predicted octanol–water partition coefficient (Wildman–Crippen LogP) is 1.70. The van der Waals surface area contributed by atoms with Crippen molar-refractivity contribution in [2.45, 2.75) is 39.0 Å². The molecule has 0 aliphatic heterocycles. The lowest BCUT2D eigenvalue weighted by molar-refractivity contribution is -0.121. The van der Waals surface area contributed by atoms with Gasteiger partial charge in [0.2, 0.25) is 5.91 Å². The molecule has 0 bridgehead atoms. The SMILES string of the molecule is CCCC(=O)NCCC1CC1. The smallest absolute Gasteiger partial charge is 0.219 e. The summed E-state index contributed by atoms with van der Waals surface area (Å²) in [5.41, 5.74) is 0.